The van der Waals surface area contributed by atoms with Crippen molar-refractivity contribution in [2.75, 3.05) is 0 Å². The fraction of sp³-hybridized carbons (Fsp3) is 0.222. The largest absolute Gasteiger partial charge is 0.314 e. The van der Waals surface area contributed by atoms with Crippen LogP contribution in [0.3, 0.4) is 0 Å². The van der Waals surface area contributed by atoms with Crippen molar-refractivity contribution in [2.45, 2.75) is 26.3 Å². The predicted octanol–water partition coefficient (Wildman–Crippen LogP) is 4.45. The number of aromatic nitrogens is 1. The molecule has 24 heavy (non-hydrogen) atoms. The monoisotopic (exact) mass is 344 g/mol. The van der Waals surface area contributed by atoms with Crippen molar-refractivity contribution in [1.29, 1.82) is 0 Å². The van der Waals surface area contributed by atoms with Crippen LogP contribution in [0.5, 0.6) is 0 Å². The van der Waals surface area contributed by atoms with E-state index in [1.54, 1.807) is 47.2 Å². The molecule has 1 atom stereocenters. The van der Waals surface area contributed by atoms with Crippen molar-refractivity contribution in [3.8, 4) is 5.69 Å². The number of thioether (sulfide) groups is 1. The third-order valence-electron chi connectivity index (χ3n) is 4.03. The first kappa shape index (κ1) is 16.5. The van der Waals surface area contributed by atoms with Crippen LogP contribution in [-0.4, -0.2) is 26.7 Å². The fourth-order valence-electron chi connectivity index (χ4n) is 2.55. The first-order chi connectivity index (χ1) is 11.5. The van der Waals surface area contributed by atoms with E-state index in [-0.39, 0.29) is 23.0 Å². The van der Waals surface area contributed by atoms with E-state index in [1.807, 2.05) is 13.8 Å². The lowest BCUT2D eigenvalue weighted by atomic mass is 10.2. The van der Waals surface area contributed by atoms with Crippen LogP contribution in [0.1, 0.15) is 26.0 Å². The average molecular weight is 344 g/mol. The van der Waals surface area contributed by atoms with Crippen LogP contribution in [0.4, 0.5) is 9.18 Å². The Morgan fingerprint density at radius 2 is 1.96 bits per heavy atom. The van der Waals surface area contributed by atoms with Crippen molar-refractivity contribution < 1.29 is 14.0 Å². The van der Waals surface area contributed by atoms with Gasteiger partial charge in [-0.2, -0.15) is 0 Å². The molecule has 0 bridgehead atoms. The summed E-state index contributed by atoms with van der Waals surface area (Å²) in [6, 6.07) is 9.84. The maximum Gasteiger partial charge on any atom is 0.293 e. The number of hydrogen-bond donors (Lipinski definition) is 0. The summed E-state index contributed by atoms with van der Waals surface area (Å²) in [6.07, 6.45) is 4.07. The van der Waals surface area contributed by atoms with Gasteiger partial charge in [0.25, 0.3) is 11.1 Å². The van der Waals surface area contributed by atoms with E-state index in [1.165, 1.54) is 11.0 Å². The summed E-state index contributed by atoms with van der Waals surface area (Å²) in [5.41, 5.74) is 1.05. The summed E-state index contributed by atoms with van der Waals surface area (Å²) in [5.74, 6) is -0.642. The molecule has 0 aliphatic carbocycles. The minimum Gasteiger partial charge on any atom is -0.314 e. The van der Waals surface area contributed by atoms with Crippen LogP contribution in [-0.2, 0) is 4.79 Å². The van der Waals surface area contributed by atoms with E-state index in [2.05, 4.69) is 0 Å². The van der Waals surface area contributed by atoms with Crippen molar-refractivity contribution in [1.82, 2.24) is 9.47 Å². The lowest BCUT2D eigenvalue weighted by molar-refractivity contribution is -0.124. The molecule has 4 nitrogen and oxygen atoms in total. The number of amides is 2. The van der Waals surface area contributed by atoms with Gasteiger partial charge in [-0.1, -0.05) is 19.1 Å². The van der Waals surface area contributed by atoms with Gasteiger partial charge in [0.1, 0.15) is 5.82 Å². The smallest absolute Gasteiger partial charge is 0.293 e. The van der Waals surface area contributed by atoms with E-state index in [0.29, 0.717) is 22.7 Å². The highest BCUT2D eigenvalue weighted by molar-refractivity contribution is 8.18. The van der Waals surface area contributed by atoms with Gasteiger partial charge in [0.05, 0.1) is 10.6 Å². The number of imide groups is 1. The number of hydrogen-bond acceptors (Lipinski definition) is 3. The third-order valence-corrected chi connectivity index (χ3v) is 4.91. The number of benzene rings is 1. The number of carbonyl (C=O) groups excluding carboxylic acids is 2. The van der Waals surface area contributed by atoms with Crippen molar-refractivity contribution in [3.05, 3.63) is 59.0 Å². The molecular weight excluding hydrogens is 327 g/mol. The molecule has 1 aliphatic rings. The normalized spacial score (nSPS) is 17.8. The Balaban J connectivity index is 1.97. The molecule has 2 heterocycles. The Morgan fingerprint density at radius 1 is 1.21 bits per heavy atom. The molecule has 1 aliphatic heterocycles. The number of nitrogens with zero attached hydrogens (tertiary/aromatic N) is 2. The van der Waals surface area contributed by atoms with Crippen molar-refractivity contribution in [2.24, 2.45) is 0 Å². The van der Waals surface area contributed by atoms with Gasteiger partial charge in [-0.25, -0.2) is 4.39 Å². The van der Waals surface area contributed by atoms with E-state index in [4.69, 9.17) is 0 Å². The number of para-hydroxylation sites is 1. The van der Waals surface area contributed by atoms with Crippen LogP contribution in [0, 0.1) is 5.82 Å². The fourth-order valence-corrected chi connectivity index (χ4v) is 3.47. The molecule has 124 valence electrons. The summed E-state index contributed by atoms with van der Waals surface area (Å²) in [6.45, 7) is 3.78. The molecule has 1 fully saturated rings. The Morgan fingerprint density at radius 3 is 2.67 bits per heavy atom. The van der Waals surface area contributed by atoms with Crippen LogP contribution in [0.2, 0.25) is 0 Å². The van der Waals surface area contributed by atoms with E-state index in [9.17, 15) is 14.0 Å². The summed E-state index contributed by atoms with van der Waals surface area (Å²) < 4.78 is 15.7. The molecule has 1 saturated heterocycles. The molecular formula is C18H17FN2O2S. The summed E-state index contributed by atoms with van der Waals surface area (Å²) in [4.78, 5) is 26.2. The lowest BCUT2D eigenvalue weighted by Crippen LogP contribution is -2.36. The zero-order valence-corrected chi connectivity index (χ0v) is 14.2. The molecule has 0 unspecified atom stereocenters. The second-order valence-electron chi connectivity index (χ2n) is 5.56. The van der Waals surface area contributed by atoms with Crippen molar-refractivity contribution >= 4 is 29.0 Å². The van der Waals surface area contributed by atoms with Gasteiger partial charge in [0, 0.05) is 17.9 Å². The van der Waals surface area contributed by atoms with E-state index >= 15 is 0 Å². The molecule has 3 rings (SSSR count). The molecule has 1 aromatic carbocycles. The molecule has 0 spiro atoms. The van der Waals surface area contributed by atoms with E-state index < -0.39 is 0 Å². The van der Waals surface area contributed by atoms with Gasteiger partial charge in [0.15, 0.2) is 0 Å². The van der Waals surface area contributed by atoms with Crippen LogP contribution >= 0.6 is 11.8 Å². The molecule has 2 aromatic rings. The second-order valence-corrected chi connectivity index (χ2v) is 6.56. The maximum absolute atomic E-state index is 14.0. The summed E-state index contributed by atoms with van der Waals surface area (Å²) in [5, 5.41) is -0.260. The SMILES string of the molecule is CC[C@@H](C)N1C(=O)S/C(=C/c2cccn2-c2ccccc2F)C1=O. The molecule has 1 aromatic heterocycles. The van der Waals surface area contributed by atoms with Gasteiger partial charge in [-0.3, -0.25) is 14.5 Å². The standard InChI is InChI=1S/C18H17FN2O2S/c1-3-12(2)21-17(22)16(24-18(21)23)11-13-7-6-10-20(13)15-9-5-4-8-14(15)19/h4-12H,3H2,1-2H3/b16-11+/t12-/m1/s1. The quantitative estimate of drug-likeness (QED) is 0.770. The van der Waals surface area contributed by atoms with Crippen LogP contribution in [0.15, 0.2) is 47.5 Å². The highest BCUT2D eigenvalue weighted by Crippen LogP contribution is 2.34. The van der Waals surface area contributed by atoms with E-state index in [0.717, 1.165) is 11.8 Å². The minimum atomic E-state index is -0.351. The Bertz CT molecular complexity index is 828. The molecule has 0 saturated carbocycles. The van der Waals surface area contributed by atoms with Gasteiger partial charge >= 0.3 is 0 Å². The zero-order valence-electron chi connectivity index (χ0n) is 13.4. The second kappa shape index (κ2) is 6.65. The zero-order chi connectivity index (χ0) is 17.3. The highest BCUT2D eigenvalue weighted by atomic mass is 32.2. The predicted molar refractivity (Wildman–Crippen MR) is 93.3 cm³/mol. The van der Waals surface area contributed by atoms with Crippen LogP contribution < -0.4 is 0 Å². The highest BCUT2D eigenvalue weighted by Gasteiger charge is 2.37. The lowest BCUT2D eigenvalue weighted by Gasteiger charge is -2.19. The maximum atomic E-state index is 14.0. The topological polar surface area (TPSA) is 42.3 Å². The van der Waals surface area contributed by atoms with Gasteiger partial charge in [-0.15, -0.1) is 0 Å². The average Bonchev–Trinajstić information content (AvgIpc) is 3.12. The summed E-state index contributed by atoms with van der Waals surface area (Å²) >= 11 is 0.923. The molecule has 0 N–H and O–H groups in total. The summed E-state index contributed by atoms with van der Waals surface area (Å²) in [7, 11) is 0. The molecule has 2 amide bonds. The molecule has 0 radical (unpaired) electrons. The van der Waals surface area contributed by atoms with Crippen molar-refractivity contribution in [3.63, 3.8) is 0 Å². The first-order valence-electron chi connectivity index (χ1n) is 7.72. The van der Waals surface area contributed by atoms with Gasteiger partial charge in [-0.05, 0) is 55.4 Å². The number of rotatable bonds is 4. The minimum absolute atomic E-state index is 0.137. The van der Waals surface area contributed by atoms with Crippen LogP contribution in [0.25, 0.3) is 11.8 Å². The Hall–Kier alpha value is -2.34. The third kappa shape index (κ3) is 2.89. The van der Waals surface area contributed by atoms with Gasteiger partial charge in [0.2, 0.25) is 0 Å². The number of carbonyl (C=O) groups is 2. The first-order valence-corrected chi connectivity index (χ1v) is 8.54. The Kier molecular flexibility index (Phi) is 4.57. The van der Waals surface area contributed by atoms with Gasteiger partial charge < -0.3 is 4.57 Å². The number of halogens is 1. The molecule has 6 heteroatoms. The Labute approximate surface area is 144 Å².